The molecule has 0 bridgehead atoms. The molecule has 0 saturated carbocycles. The fourth-order valence-corrected chi connectivity index (χ4v) is 1.16. The molecule has 1 rings (SSSR count). The Balaban J connectivity index is 2.23. The molecule has 0 aromatic heterocycles. The fraction of sp³-hybridized carbons (Fsp3) is 1.00. The van der Waals surface area contributed by atoms with Crippen LogP contribution in [0.4, 0.5) is 0 Å². The van der Waals surface area contributed by atoms with Crippen LogP contribution in [-0.4, -0.2) is 31.3 Å². The highest BCUT2D eigenvalue weighted by atomic mass is 16.5. The summed E-state index contributed by atoms with van der Waals surface area (Å²) >= 11 is 0. The lowest BCUT2D eigenvalue weighted by Gasteiger charge is -2.27. The van der Waals surface area contributed by atoms with E-state index in [1.165, 1.54) is 0 Å². The van der Waals surface area contributed by atoms with Gasteiger partial charge >= 0.3 is 0 Å². The van der Waals surface area contributed by atoms with Crippen molar-refractivity contribution in [3.63, 3.8) is 0 Å². The third kappa shape index (κ3) is 1.93. The molecular weight excluding hydrogens is 116 g/mol. The third-order valence-electron chi connectivity index (χ3n) is 1.74. The number of hydrogen-bond donors (Lipinski definition) is 1. The van der Waals surface area contributed by atoms with E-state index < -0.39 is 0 Å². The van der Waals surface area contributed by atoms with Crippen molar-refractivity contribution in [2.45, 2.75) is 18.9 Å². The Kier molecular flexibility index (Phi) is 2.45. The maximum absolute atomic E-state index is 5.55. The molecule has 1 heterocycles. The standard InChI is InChI=1S/C6H14N2O/c1-9-6-3-2-4-8(7)5-6/h6H,2-5,7H2,1H3. The van der Waals surface area contributed by atoms with Gasteiger partial charge in [0.1, 0.15) is 0 Å². The molecule has 54 valence electrons. The zero-order chi connectivity index (χ0) is 6.69. The highest BCUT2D eigenvalue weighted by Crippen LogP contribution is 2.08. The second kappa shape index (κ2) is 3.15. The predicted octanol–water partition coefficient (Wildman–Crippen LogP) is -0.0291. The van der Waals surface area contributed by atoms with E-state index in [0.29, 0.717) is 6.10 Å². The molecule has 1 saturated heterocycles. The van der Waals surface area contributed by atoms with Crippen molar-refractivity contribution in [2.75, 3.05) is 20.2 Å². The number of hydrazine groups is 1. The molecule has 0 aliphatic carbocycles. The largest absolute Gasteiger partial charge is 0.380 e. The molecule has 1 unspecified atom stereocenters. The molecule has 9 heavy (non-hydrogen) atoms. The molecule has 0 radical (unpaired) electrons. The van der Waals surface area contributed by atoms with E-state index in [4.69, 9.17) is 10.6 Å². The number of piperidine rings is 1. The lowest BCUT2D eigenvalue weighted by Crippen LogP contribution is -2.43. The van der Waals surface area contributed by atoms with E-state index >= 15 is 0 Å². The van der Waals surface area contributed by atoms with Crippen molar-refractivity contribution in [3.8, 4) is 0 Å². The van der Waals surface area contributed by atoms with Crippen molar-refractivity contribution in [2.24, 2.45) is 5.84 Å². The van der Waals surface area contributed by atoms with Gasteiger partial charge in [-0.2, -0.15) is 0 Å². The Morgan fingerprint density at radius 2 is 2.44 bits per heavy atom. The van der Waals surface area contributed by atoms with Crippen LogP contribution in [0.3, 0.4) is 0 Å². The molecule has 0 aromatic rings. The normalized spacial score (nSPS) is 30.7. The van der Waals surface area contributed by atoms with Gasteiger partial charge in [0.2, 0.25) is 0 Å². The number of hydrogen-bond acceptors (Lipinski definition) is 3. The van der Waals surface area contributed by atoms with Crippen LogP contribution >= 0.6 is 0 Å². The minimum absolute atomic E-state index is 0.365. The topological polar surface area (TPSA) is 38.5 Å². The van der Waals surface area contributed by atoms with Crippen molar-refractivity contribution in [1.29, 1.82) is 0 Å². The first-order chi connectivity index (χ1) is 4.33. The van der Waals surface area contributed by atoms with Crippen molar-refractivity contribution >= 4 is 0 Å². The summed E-state index contributed by atoms with van der Waals surface area (Å²) < 4.78 is 5.14. The fourth-order valence-electron chi connectivity index (χ4n) is 1.16. The zero-order valence-corrected chi connectivity index (χ0v) is 5.84. The van der Waals surface area contributed by atoms with Gasteiger partial charge in [0.05, 0.1) is 6.10 Å². The molecule has 1 aliphatic heterocycles. The van der Waals surface area contributed by atoms with Gasteiger partial charge in [-0.15, -0.1) is 0 Å². The van der Waals surface area contributed by atoms with E-state index in [1.54, 1.807) is 7.11 Å². The first-order valence-corrected chi connectivity index (χ1v) is 3.35. The van der Waals surface area contributed by atoms with E-state index in [-0.39, 0.29) is 0 Å². The van der Waals surface area contributed by atoms with Crippen LogP contribution in [-0.2, 0) is 4.74 Å². The highest BCUT2D eigenvalue weighted by Gasteiger charge is 2.15. The zero-order valence-electron chi connectivity index (χ0n) is 5.84. The van der Waals surface area contributed by atoms with E-state index in [1.807, 2.05) is 5.01 Å². The minimum Gasteiger partial charge on any atom is -0.380 e. The number of methoxy groups -OCH3 is 1. The maximum atomic E-state index is 5.55. The van der Waals surface area contributed by atoms with Gasteiger partial charge < -0.3 is 4.74 Å². The summed E-state index contributed by atoms with van der Waals surface area (Å²) in [5, 5.41) is 1.82. The monoisotopic (exact) mass is 130 g/mol. The molecule has 0 spiro atoms. The Morgan fingerprint density at radius 3 is 2.89 bits per heavy atom. The first-order valence-electron chi connectivity index (χ1n) is 3.35. The molecule has 0 aromatic carbocycles. The minimum atomic E-state index is 0.365. The van der Waals surface area contributed by atoms with Crippen LogP contribution in [0.5, 0.6) is 0 Å². The maximum Gasteiger partial charge on any atom is 0.0712 e. The van der Waals surface area contributed by atoms with Crippen molar-refractivity contribution in [3.05, 3.63) is 0 Å². The summed E-state index contributed by atoms with van der Waals surface area (Å²) in [6, 6.07) is 0. The van der Waals surface area contributed by atoms with E-state index in [0.717, 1.165) is 25.9 Å². The van der Waals surface area contributed by atoms with E-state index in [9.17, 15) is 0 Å². The van der Waals surface area contributed by atoms with Crippen LogP contribution in [0.15, 0.2) is 0 Å². The van der Waals surface area contributed by atoms with Gasteiger partial charge in [-0.3, -0.25) is 5.84 Å². The Labute approximate surface area is 55.7 Å². The number of ether oxygens (including phenoxy) is 1. The molecular formula is C6H14N2O. The summed E-state index contributed by atoms with van der Waals surface area (Å²) in [4.78, 5) is 0. The molecule has 1 fully saturated rings. The van der Waals surface area contributed by atoms with Crippen LogP contribution < -0.4 is 5.84 Å². The molecule has 3 nitrogen and oxygen atoms in total. The van der Waals surface area contributed by atoms with Gasteiger partial charge in [0.25, 0.3) is 0 Å². The van der Waals surface area contributed by atoms with Crippen molar-refractivity contribution < 1.29 is 4.74 Å². The Morgan fingerprint density at radius 1 is 1.67 bits per heavy atom. The van der Waals surface area contributed by atoms with Crippen LogP contribution in [0.1, 0.15) is 12.8 Å². The summed E-state index contributed by atoms with van der Waals surface area (Å²) in [5.41, 5.74) is 0. The summed E-state index contributed by atoms with van der Waals surface area (Å²) in [6.07, 6.45) is 2.68. The molecule has 1 aliphatic rings. The number of rotatable bonds is 1. The first kappa shape index (κ1) is 6.99. The number of nitrogens with zero attached hydrogens (tertiary/aromatic N) is 1. The molecule has 0 amide bonds. The van der Waals surface area contributed by atoms with Gasteiger partial charge in [0.15, 0.2) is 0 Å². The lowest BCUT2D eigenvalue weighted by atomic mass is 10.1. The Bertz CT molecular complexity index is 87.1. The predicted molar refractivity (Wildman–Crippen MR) is 35.8 cm³/mol. The van der Waals surface area contributed by atoms with Gasteiger partial charge in [-0.05, 0) is 12.8 Å². The average Bonchev–Trinajstić information content (AvgIpc) is 1.88. The summed E-state index contributed by atoms with van der Waals surface area (Å²) in [6.45, 7) is 1.90. The Hall–Kier alpha value is -0.120. The summed E-state index contributed by atoms with van der Waals surface area (Å²) in [7, 11) is 1.74. The average molecular weight is 130 g/mol. The lowest BCUT2D eigenvalue weighted by molar-refractivity contribution is 0.0313. The van der Waals surface area contributed by atoms with Crippen molar-refractivity contribution in [1.82, 2.24) is 5.01 Å². The van der Waals surface area contributed by atoms with Crippen LogP contribution in [0.25, 0.3) is 0 Å². The van der Waals surface area contributed by atoms with Gasteiger partial charge in [-0.1, -0.05) is 0 Å². The van der Waals surface area contributed by atoms with Crippen LogP contribution in [0.2, 0.25) is 0 Å². The van der Waals surface area contributed by atoms with Gasteiger partial charge in [-0.25, -0.2) is 5.01 Å². The SMILES string of the molecule is COC1CCCN(N)C1. The van der Waals surface area contributed by atoms with Gasteiger partial charge in [0, 0.05) is 20.2 Å². The second-order valence-electron chi connectivity index (χ2n) is 2.49. The second-order valence-corrected chi connectivity index (χ2v) is 2.49. The quantitative estimate of drug-likeness (QED) is 0.507. The summed E-state index contributed by atoms with van der Waals surface area (Å²) in [5.74, 6) is 5.55. The molecule has 1 atom stereocenters. The molecule has 2 N–H and O–H groups in total. The van der Waals surface area contributed by atoms with Crippen LogP contribution in [0, 0.1) is 0 Å². The highest BCUT2D eigenvalue weighted by molar-refractivity contribution is 4.68. The number of nitrogens with two attached hydrogens (primary N) is 1. The smallest absolute Gasteiger partial charge is 0.0712 e. The third-order valence-corrected chi connectivity index (χ3v) is 1.74. The van der Waals surface area contributed by atoms with E-state index in [2.05, 4.69) is 0 Å². The molecule has 3 heteroatoms.